The molecule has 1 saturated heterocycles. The third-order valence-corrected chi connectivity index (χ3v) is 6.62. The van der Waals surface area contributed by atoms with Gasteiger partial charge in [-0.3, -0.25) is 9.78 Å². The van der Waals surface area contributed by atoms with Crippen molar-refractivity contribution in [2.24, 2.45) is 0 Å². The molecule has 0 saturated carbocycles. The fourth-order valence-corrected chi connectivity index (χ4v) is 4.84. The summed E-state index contributed by atoms with van der Waals surface area (Å²) in [5.74, 6) is 0.183. The lowest BCUT2D eigenvalue weighted by atomic mass is 9.99. The number of para-hydroxylation sites is 1. The van der Waals surface area contributed by atoms with E-state index in [0.29, 0.717) is 0 Å². The van der Waals surface area contributed by atoms with Gasteiger partial charge in [0.2, 0.25) is 0 Å². The number of nitrogens with zero attached hydrogens (tertiary/aromatic N) is 3. The summed E-state index contributed by atoms with van der Waals surface area (Å²) in [5.41, 5.74) is 8.12. The predicted octanol–water partition coefficient (Wildman–Crippen LogP) is 4.30. The maximum Gasteiger partial charge on any atom is 0.255 e. The second-order valence-corrected chi connectivity index (χ2v) is 8.28. The normalized spacial score (nSPS) is 16.3. The number of aryl methyl sites for hydroxylation is 2. The summed E-state index contributed by atoms with van der Waals surface area (Å²) >= 11 is 0. The molecule has 1 fully saturated rings. The van der Waals surface area contributed by atoms with Crippen molar-refractivity contribution in [3.8, 4) is 0 Å². The van der Waals surface area contributed by atoms with Gasteiger partial charge in [-0.05, 0) is 61.9 Å². The Morgan fingerprint density at radius 2 is 1.72 bits per heavy atom. The van der Waals surface area contributed by atoms with Crippen LogP contribution in [0.2, 0.25) is 0 Å². The molecule has 0 unspecified atom stereocenters. The number of hydrogen-bond acceptors (Lipinski definition) is 3. The van der Waals surface area contributed by atoms with Gasteiger partial charge in [0.1, 0.15) is 0 Å². The van der Waals surface area contributed by atoms with Crippen molar-refractivity contribution in [3.05, 3.63) is 70.4 Å². The number of piperazine rings is 1. The molecule has 3 aromatic rings. The number of amides is 1. The SMILES string of the molecule is Cc1cccc(N2CCN(C(=O)c3c4c(nc5ccccc35)CCC4)CC2)c1C. The first-order valence-corrected chi connectivity index (χ1v) is 10.6. The Bertz CT molecular complexity index is 1100. The van der Waals surface area contributed by atoms with Crippen LogP contribution in [0.5, 0.6) is 0 Å². The first-order chi connectivity index (χ1) is 14.1. The second-order valence-electron chi connectivity index (χ2n) is 8.28. The molecule has 1 aliphatic carbocycles. The molecule has 0 bridgehead atoms. The van der Waals surface area contributed by atoms with Crippen molar-refractivity contribution >= 4 is 22.5 Å². The number of carbonyl (C=O) groups is 1. The maximum atomic E-state index is 13.6. The molecule has 0 N–H and O–H groups in total. The summed E-state index contributed by atoms with van der Waals surface area (Å²) in [5, 5.41) is 1.01. The molecule has 0 atom stereocenters. The fraction of sp³-hybridized carbons (Fsp3) is 0.360. The highest BCUT2D eigenvalue weighted by Crippen LogP contribution is 2.31. The Labute approximate surface area is 172 Å². The van der Waals surface area contributed by atoms with Gasteiger partial charge in [0.15, 0.2) is 0 Å². The minimum Gasteiger partial charge on any atom is -0.368 e. The molecule has 2 aromatic carbocycles. The van der Waals surface area contributed by atoms with Crippen LogP contribution in [0.4, 0.5) is 5.69 Å². The average molecular weight is 386 g/mol. The van der Waals surface area contributed by atoms with Gasteiger partial charge in [0, 0.05) is 42.9 Å². The number of hydrogen-bond donors (Lipinski definition) is 0. The Hall–Kier alpha value is -2.88. The molecule has 1 amide bonds. The number of anilines is 1. The third-order valence-electron chi connectivity index (χ3n) is 6.62. The van der Waals surface area contributed by atoms with E-state index >= 15 is 0 Å². The van der Waals surface area contributed by atoms with Crippen molar-refractivity contribution in [1.82, 2.24) is 9.88 Å². The number of pyridine rings is 1. The van der Waals surface area contributed by atoms with Crippen LogP contribution >= 0.6 is 0 Å². The van der Waals surface area contributed by atoms with E-state index in [1.807, 2.05) is 23.1 Å². The van der Waals surface area contributed by atoms with Gasteiger partial charge in [0.05, 0.1) is 11.1 Å². The average Bonchev–Trinajstić information content (AvgIpc) is 3.21. The van der Waals surface area contributed by atoms with Crippen LogP contribution in [0.15, 0.2) is 42.5 Å². The number of aromatic nitrogens is 1. The number of carbonyl (C=O) groups excluding carboxylic acids is 1. The van der Waals surface area contributed by atoms with E-state index in [1.54, 1.807) is 0 Å². The monoisotopic (exact) mass is 385 g/mol. The Morgan fingerprint density at radius 3 is 2.55 bits per heavy atom. The molecule has 0 spiro atoms. The zero-order valence-corrected chi connectivity index (χ0v) is 17.2. The van der Waals surface area contributed by atoms with Crippen LogP contribution in [0, 0.1) is 13.8 Å². The Morgan fingerprint density at radius 1 is 0.931 bits per heavy atom. The lowest BCUT2D eigenvalue weighted by Crippen LogP contribution is -2.49. The molecule has 29 heavy (non-hydrogen) atoms. The molecular weight excluding hydrogens is 358 g/mol. The van der Waals surface area contributed by atoms with Gasteiger partial charge >= 0.3 is 0 Å². The first-order valence-electron chi connectivity index (χ1n) is 10.6. The fourth-order valence-electron chi connectivity index (χ4n) is 4.84. The molecular formula is C25H27N3O. The zero-order valence-electron chi connectivity index (χ0n) is 17.2. The highest BCUT2D eigenvalue weighted by atomic mass is 16.2. The van der Waals surface area contributed by atoms with E-state index in [-0.39, 0.29) is 5.91 Å². The Balaban J connectivity index is 1.43. The van der Waals surface area contributed by atoms with Crippen molar-refractivity contribution < 1.29 is 4.79 Å². The van der Waals surface area contributed by atoms with Gasteiger partial charge in [0.25, 0.3) is 5.91 Å². The third kappa shape index (κ3) is 3.07. The molecule has 4 heteroatoms. The van der Waals surface area contributed by atoms with Crippen molar-refractivity contribution in [1.29, 1.82) is 0 Å². The van der Waals surface area contributed by atoms with Gasteiger partial charge in [-0.15, -0.1) is 0 Å². The minimum atomic E-state index is 0.183. The van der Waals surface area contributed by atoms with Crippen molar-refractivity contribution in [2.45, 2.75) is 33.1 Å². The summed E-state index contributed by atoms with van der Waals surface area (Å²) in [6, 6.07) is 14.6. The van der Waals surface area contributed by atoms with Crippen molar-refractivity contribution in [3.63, 3.8) is 0 Å². The van der Waals surface area contributed by atoms with Gasteiger partial charge in [-0.1, -0.05) is 30.3 Å². The van der Waals surface area contributed by atoms with E-state index in [1.165, 1.54) is 22.4 Å². The quantitative estimate of drug-likeness (QED) is 0.660. The van der Waals surface area contributed by atoms with Gasteiger partial charge in [-0.2, -0.15) is 0 Å². The van der Waals surface area contributed by atoms with Gasteiger partial charge in [-0.25, -0.2) is 0 Å². The lowest BCUT2D eigenvalue weighted by Gasteiger charge is -2.37. The zero-order chi connectivity index (χ0) is 20.0. The number of rotatable bonds is 2. The molecule has 148 valence electrons. The summed E-state index contributed by atoms with van der Waals surface area (Å²) in [4.78, 5) is 22.9. The minimum absolute atomic E-state index is 0.183. The molecule has 2 heterocycles. The molecule has 5 rings (SSSR count). The largest absolute Gasteiger partial charge is 0.368 e. The molecule has 1 aliphatic heterocycles. The maximum absolute atomic E-state index is 13.6. The first kappa shape index (κ1) is 18.2. The highest BCUT2D eigenvalue weighted by Gasteiger charge is 2.29. The van der Waals surface area contributed by atoms with Crippen LogP contribution in [0.1, 0.15) is 39.2 Å². The van der Waals surface area contributed by atoms with Crippen LogP contribution in [-0.2, 0) is 12.8 Å². The Kier molecular flexibility index (Phi) is 4.50. The number of fused-ring (bicyclic) bond motifs is 2. The molecule has 0 radical (unpaired) electrons. The summed E-state index contributed by atoms with van der Waals surface area (Å²) in [6.45, 7) is 7.63. The summed E-state index contributed by atoms with van der Waals surface area (Å²) in [7, 11) is 0. The van der Waals surface area contributed by atoms with Crippen LogP contribution in [0.25, 0.3) is 10.9 Å². The van der Waals surface area contributed by atoms with Crippen LogP contribution in [0.3, 0.4) is 0 Å². The lowest BCUT2D eigenvalue weighted by molar-refractivity contribution is 0.0747. The standard InChI is InChI=1S/C25H27N3O/c1-17-7-5-12-23(18(17)2)27-13-15-28(16-14-27)25(29)24-19-8-3-4-10-21(19)26-22-11-6-9-20(22)24/h3-5,7-8,10,12H,6,9,11,13-16H2,1-2H3. The summed E-state index contributed by atoms with van der Waals surface area (Å²) < 4.78 is 0. The van der Waals surface area contributed by atoms with E-state index in [9.17, 15) is 4.79 Å². The number of benzene rings is 2. The molecule has 1 aromatic heterocycles. The second kappa shape index (κ2) is 7.18. The van der Waals surface area contributed by atoms with Crippen molar-refractivity contribution in [2.75, 3.05) is 31.1 Å². The van der Waals surface area contributed by atoms with Crippen LogP contribution < -0.4 is 4.90 Å². The smallest absolute Gasteiger partial charge is 0.255 e. The molecule has 4 nitrogen and oxygen atoms in total. The van der Waals surface area contributed by atoms with E-state index in [0.717, 1.165) is 67.6 Å². The molecule has 2 aliphatic rings. The van der Waals surface area contributed by atoms with E-state index in [4.69, 9.17) is 4.98 Å². The van der Waals surface area contributed by atoms with Gasteiger partial charge < -0.3 is 9.80 Å². The highest BCUT2D eigenvalue weighted by molar-refractivity contribution is 6.08. The topological polar surface area (TPSA) is 36.4 Å². The van der Waals surface area contributed by atoms with E-state index < -0.39 is 0 Å². The van der Waals surface area contributed by atoms with Crippen LogP contribution in [-0.4, -0.2) is 42.0 Å². The summed E-state index contributed by atoms with van der Waals surface area (Å²) in [6.07, 6.45) is 3.05. The van der Waals surface area contributed by atoms with E-state index in [2.05, 4.69) is 43.0 Å². The predicted molar refractivity (Wildman–Crippen MR) is 118 cm³/mol.